The molecule has 1 heterocycles. The Hall–Kier alpha value is -3.02. The van der Waals surface area contributed by atoms with E-state index >= 15 is 0 Å². The molecule has 0 bridgehead atoms. The summed E-state index contributed by atoms with van der Waals surface area (Å²) < 4.78 is 27.3. The third-order valence-electron chi connectivity index (χ3n) is 4.71. The van der Waals surface area contributed by atoms with Crippen molar-refractivity contribution in [2.45, 2.75) is 12.8 Å². The summed E-state index contributed by atoms with van der Waals surface area (Å²) in [6.07, 6.45) is 1.84. The van der Waals surface area contributed by atoms with Crippen LogP contribution in [0.15, 0.2) is 53.9 Å². The fourth-order valence-electron chi connectivity index (χ4n) is 3.45. The topological polar surface area (TPSA) is 49.4 Å². The van der Waals surface area contributed by atoms with E-state index in [1.807, 2.05) is 4.90 Å². The molecule has 0 spiro atoms. The van der Waals surface area contributed by atoms with Crippen LogP contribution in [0.25, 0.3) is 0 Å². The number of rotatable bonds is 3. The molecule has 1 N–H and O–H groups in total. The summed E-state index contributed by atoms with van der Waals surface area (Å²) in [6.45, 7) is 1.32. The molecule has 2 aromatic carbocycles. The van der Waals surface area contributed by atoms with Crippen molar-refractivity contribution >= 4 is 17.3 Å². The average Bonchev–Trinajstić information content (AvgIpc) is 3.16. The van der Waals surface area contributed by atoms with Crippen molar-refractivity contribution in [2.24, 2.45) is 0 Å². The molecule has 0 radical (unpaired) electrons. The van der Waals surface area contributed by atoms with Crippen LogP contribution < -0.4 is 5.32 Å². The molecule has 4 nitrogen and oxygen atoms in total. The lowest BCUT2D eigenvalue weighted by Gasteiger charge is -2.28. The highest BCUT2D eigenvalue weighted by atomic mass is 19.1. The fourth-order valence-corrected chi connectivity index (χ4v) is 3.45. The van der Waals surface area contributed by atoms with Gasteiger partial charge in [0.2, 0.25) is 11.6 Å². The Morgan fingerprint density at radius 2 is 1.54 bits per heavy atom. The fraction of sp³-hybridized carbons (Fsp3) is 0.200. The SMILES string of the molecule is O=C1C(Nc2ccc(F)cc2F)=C(N2CCCC2)C(=O)c2ccccc21. The largest absolute Gasteiger partial charge is 0.367 e. The molecule has 1 saturated heterocycles. The smallest absolute Gasteiger partial charge is 0.212 e. The van der Waals surface area contributed by atoms with Crippen molar-refractivity contribution in [1.29, 1.82) is 0 Å². The molecule has 6 heteroatoms. The van der Waals surface area contributed by atoms with E-state index in [2.05, 4.69) is 5.32 Å². The normalized spacial score (nSPS) is 16.9. The van der Waals surface area contributed by atoms with E-state index in [4.69, 9.17) is 0 Å². The highest BCUT2D eigenvalue weighted by molar-refractivity contribution is 6.27. The van der Waals surface area contributed by atoms with Crippen molar-refractivity contribution in [3.05, 3.63) is 76.6 Å². The number of ketones is 2. The van der Waals surface area contributed by atoms with Crippen LogP contribution in [0, 0.1) is 11.6 Å². The lowest BCUT2D eigenvalue weighted by atomic mass is 9.89. The Labute approximate surface area is 149 Å². The van der Waals surface area contributed by atoms with Crippen LogP contribution in [0.4, 0.5) is 14.5 Å². The Balaban J connectivity index is 1.84. The predicted molar refractivity (Wildman–Crippen MR) is 92.9 cm³/mol. The number of nitrogens with one attached hydrogen (secondary N) is 1. The van der Waals surface area contributed by atoms with Gasteiger partial charge in [-0.3, -0.25) is 9.59 Å². The van der Waals surface area contributed by atoms with E-state index in [9.17, 15) is 18.4 Å². The number of anilines is 1. The monoisotopic (exact) mass is 354 g/mol. The summed E-state index contributed by atoms with van der Waals surface area (Å²) in [5, 5.41) is 2.75. The molecule has 0 saturated carbocycles. The summed E-state index contributed by atoms with van der Waals surface area (Å²) in [5.41, 5.74) is 0.893. The van der Waals surface area contributed by atoms with Crippen LogP contribution >= 0.6 is 0 Å². The number of fused-ring (bicyclic) bond motifs is 1. The molecule has 0 unspecified atom stereocenters. The summed E-state index contributed by atoms with van der Waals surface area (Å²) in [5.74, 6) is -2.16. The van der Waals surface area contributed by atoms with Crippen LogP contribution in [0.5, 0.6) is 0 Å². The second kappa shape index (κ2) is 6.37. The van der Waals surface area contributed by atoms with Crippen LogP contribution in [0.1, 0.15) is 33.6 Å². The van der Waals surface area contributed by atoms with Crippen LogP contribution in [0.2, 0.25) is 0 Å². The van der Waals surface area contributed by atoms with E-state index in [-0.39, 0.29) is 34.2 Å². The first-order valence-electron chi connectivity index (χ1n) is 8.46. The zero-order chi connectivity index (χ0) is 18.3. The van der Waals surface area contributed by atoms with Gasteiger partial charge in [-0.1, -0.05) is 24.3 Å². The summed E-state index contributed by atoms with van der Waals surface area (Å²) in [6, 6.07) is 9.66. The predicted octanol–water partition coefficient (Wildman–Crippen LogP) is 3.76. The van der Waals surface area contributed by atoms with E-state index in [1.54, 1.807) is 24.3 Å². The number of halogens is 2. The van der Waals surface area contributed by atoms with Gasteiger partial charge in [-0.25, -0.2) is 8.78 Å². The summed E-state index contributed by atoms with van der Waals surface area (Å²) in [4.78, 5) is 27.9. The van der Waals surface area contributed by atoms with Gasteiger partial charge in [0.1, 0.15) is 23.0 Å². The molecule has 1 fully saturated rings. The minimum atomic E-state index is -0.822. The molecule has 0 amide bonds. The van der Waals surface area contributed by atoms with E-state index in [0.717, 1.165) is 25.0 Å². The van der Waals surface area contributed by atoms with Gasteiger partial charge in [-0.2, -0.15) is 0 Å². The molecule has 0 atom stereocenters. The van der Waals surface area contributed by atoms with Gasteiger partial charge >= 0.3 is 0 Å². The van der Waals surface area contributed by atoms with Crippen molar-refractivity contribution in [3.63, 3.8) is 0 Å². The molecular weight excluding hydrogens is 338 g/mol. The van der Waals surface area contributed by atoms with Gasteiger partial charge in [-0.15, -0.1) is 0 Å². The van der Waals surface area contributed by atoms with Gasteiger partial charge in [0.25, 0.3) is 0 Å². The van der Waals surface area contributed by atoms with Crippen LogP contribution in [-0.4, -0.2) is 29.6 Å². The van der Waals surface area contributed by atoms with Crippen molar-refractivity contribution < 1.29 is 18.4 Å². The molecular formula is C20H16F2N2O2. The number of allylic oxidation sites excluding steroid dienone is 2. The van der Waals surface area contributed by atoms with Gasteiger partial charge in [0.15, 0.2) is 0 Å². The number of Topliss-reactive ketones (excluding diaryl/α,β-unsaturated/α-hetero) is 2. The molecule has 2 aromatic rings. The van der Waals surface area contributed by atoms with Gasteiger partial charge in [0, 0.05) is 30.3 Å². The molecule has 132 valence electrons. The molecule has 1 aliphatic heterocycles. The zero-order valence-electron chi connectivity index (χ0n) is 13.9. The number of carbonyl (C=O) groups is 2. The van der Waals surface area contributed by atoms with Crippen molar-refractivity contribution in [2.75, 3.05) is 18.4 Å². The quantitative estimate of drug-likeness (QED) is 0.912. The number of likely N-dealkylation sites (tertiary alicyclic amines) is 1. The Kier molecular flexibility index (Phi) is 4.03. The van der Waals surface area contributed by atoms with E-state index in [1.165, 1.54) is 6.07 Å². The highest BCUT2D eigenvalue weighted by Crippen LogP contribution is 2.31. The Bertz CT molecular complexity index is 947. The first-order valence-corrected chi connectivity index (χ1v) is 8.46. The molecule has 2 aliphatic rings. The number of hydrogen-bond donors (Lipinski definition) is 1. The Morgan fingerprint density at radius 3 is 2.19 bits per heavy atom. The van der Waals surface area contributed by atoms with Gasteiger partial charge < -0.3 is 10.2 Å². The van der Waals surface area contributed by atoms with Crippen LogP contribution in [-0.2, 0) is 0 Å². The number of hydrogen-bond acceptors (Lipinski definition) is 4. The minimum absolute atomic E-state index is 0.0427. The second-order valence-corrected chi connectivity index (χ2v) is 6.37. The standard InChI is InChI=1S/C20H16F2N2O2/c21-12-7-8-16(15(22)11-12)23-17-18(24-9-3-4-10-24)20(26)14-6-2-1-5-13(14)19(17)25/h1-2,5-8,11,23H,3-4,9-10H2. The second-order valence-electron chi connectivity index (χ2n) is 6.37. The van der Waals surface area contributed by atoms with E-state index < -0.39 is 11.6 Å². The van der Waals surface area contributed by atoms with Gasteiger partial charge in [0.05, 0.1) is 5.69 Å². The number of carbonyl (C=O) groups excluding carboxylic acids is 2. The first-order chi connectivity index (χ1) is 12.6. The maximum atomic E-state index is 14.1. The summed E-state index contributed by atoms with van der Waals surface area (Å²) >= 11 is 0. The van der Waals surface area contributed by atoms with Crippen molar-refractivity contribution in [1.82, 2.24) is 4.90 Å². The lowest BCUT2D eigenvalue weighted by molar-refractivity contribution is 0.0948. The van der Waals surface area contributed by atoms with Crippen molar-refractivity contribution in [3.8, 4) is 0 Å². The number of nitrogens with zero attached hydrogens (tertiary/aromatic N) is 1. The minimum Gasteiger partial charge on any atom is -0.367 e. The third-order valence-corrected chi connectivity index (χ3v) is 4.71. The highest BCUT2D eigenvalue weighted by Gasteiger charge is 2.36. The van der Waals surface area contributed by atoms with Crippen LogP contribution in [0.3, 0.4) is 0 Å². The number of benzene rings is 2. The molecule has 4 rings (SSSR count). The lowest BCUT2D eigenvalue weighted by Crippen LogP contribution is -2.35. The zero-order valence-corrected chi connectivity index (χ0v) is 13.9. The maximum Gasteiger partial charge on any atom is 0.212 e. The molecule has 0 aromatic heterocycles. The maximum absolute atomic E-state index is 14.1. The molecule has 1 aliphatic carbocycles. The third kappa shape index (κ3) is 2.67. The Morgan fingerprint density at radius 1 is 0.885 bits per heavy atom. The molecule has 26 heavy (non-hydrogen) atoms. The van der Waals surface area contributed by atoms with Gasteiger partial charge in [-0.05, 0) is 25.0 Å². The average molecular weight is 354 g/mol. The first kappa shape index (κ1) is 16.4. The summed E-state index contributed by atoms with van der Waals surface area (Å²) in [7, 11) is 0. The van der Waals surface area contributed by atoms with E-state index in [0.29, 0.717) is 18.7 Å².